The highest BCUT2D eigenvalue weighted by molar-refractivity contribution is 7.82. The van der Waals surface area contributed by atoms with Gasteiger partial charge in [-0.2, -0.15) is 5.10 Å². The van der Waals surface area contributed by atoms with Gasteiger partial charge in [0.2, 0.25) is 0 Å². The van der Waals surface area contributed by atoms with Crippen LogP contribution in [0, 0.1) is 11.6 Å². The molecule has 0 radical (unpaired) electrons. The Kier molecular flexibility index (Phi) is 7.29. The largest absolute Gasteiger partial charge is 0.371 e. The molecule has 5 rings (SSSR count). The lowest BCUT2D eigenvalue weighted by molar-refractivity contribution is 0.102. The number of nitrogens with two attached hydrogens (primary N) is 1. The van der Waals surface area contributed by atoms with E-state index in [2.05, 4.69) is 15.3 Å². The number of rotatable bonds is 4. The first kappa shape index (κ1) is 23.5. The normalized spacial score (nSPS) is 13.9. The summed E-state index contributed by atoms with van der Waals surface area (Å²) in [6.07, 6.45) is 5.84. The van der Waals surface area contributed by atoms with E-state index < -0.39 is 22.6 Å². The molecule has 10 heteroatoms. The maximum Gasteiger partial charge on any atom is 0.259 e. The van der Waals surface area contributed by atoms with Crippen LogP contribution in [-0.2, 0) is 11.0 Å². The number of fused-ring (bicyclic) bond motifs is 1. The van der Waals surface area contributed by atoms with Crippen LogP contribution in [0.15, 0.2) is 78.0 Å². The smallest absolute Gasteiger partial charge is 0.259 e. The predicted octanol–water partition coefficient (Wildman–Crippen LogP) is 4.13. The SMILES string of the molecule is Fc1ccc(F)cc1.NS(=O)c1ccc(NC(=O)c2cnn3ccc(N4CCCC4)cc23)cc1. The van der Waals surface area contributed by atoms with Crippen molar-refractivity contribution >= 4 is 33.8 Å². The van der Waals surface area contributed by atoms with Crippen molar-refractivity contribution in [3.8, 4) is 0 Å². The molecule has 1 unspecified atom stereocenters. The van der Waals surface area contributed by atoms with E-state index in [1.807, 2.05) is 18.3 Å². The van der Waals surface area contributed by atoms with Crippen LogP contribution in [0.2, 0.25) is 0 Å². The van der Waals surface area contributed by atoms with Gasteiger partial charge in [-0.1, -0.05) is 0 Å². The van der Waals surface area contributed by atoms with Crippen LogP contribution >= 0.6 is 0 Å². The number of pyridine rings is 1. The van der Waals surface area contributed by atoms with Gasteiger partial charge in [0.25, 0.3) is 5.91 Å². The Morgan fingerprint density at radius 2 is 1.59 bits per heavy atom. The van der Waals surface area contributed by atoms with Gasteiger partial charge in [0, 0.05) is 30.7 Å². The van der Waals surface area contributed by atoms with E-state index >= 15 is 0 Å². The lowest BCUT2D eigenvalue weighted by Crippen LogP contribution is -2.18. The molecule has 1 aliphatic rings. The van der Waals surface area contributed by atoms with Gasteiger partial charge in [0.05, 0.1) is 22.2 Å². The summed E-state index contributed by atoms with van der Waals surface area (Å²) in [6, 6.07) is 15.0. The zero-order valence-corrected chi connectivity index (χ0v) is 19.0. The van der Waals surface area contributed by atoms with E-state index in [1.54, 1.807) is 35.0 Å². The number of benzene rings is 2. The molecular weight excluding hydrogens is 460 g/mol. The molecule has 1 atom stereocenters. The first-order valence-corrected chi connectivity index (χ1v) is 11.8. The molecule has 0 spiro atoms. The molecule has 7 nitrogen and oxygen atoms in total. The molecule has 0 bridgehead atoms. The number of hydrogen-bond acceptors (Lipinski definition) is 4. The first-order chi connectivity index (χ1) is 16.4. The van der Waals surface area contributed by atoms with E-state index in [-0.39, 0.29) is 5.91 Å². The van der Waals surface area contributed by atoms with E-state index in [1.165, 1.54) is 12.8 Å². The van der Waals surface area contributed by atoms with Gasteiger partial charge in [-0.25, -0.2) is 22.6 Å². The van der Waals surface area contributed by atoms with Gasteiger partial charge >= 0.3 is 0 Å². The van der Waals surface area contributed by atoms with Crippen molar-refractivity contribution in [3.63, 3.8) is 0 Å². The highest BCUT2D eigenvalue weighted by atomic mass is 32.2. The predicted molar refractivity (Wildman–Crippen MR) is 128 cm³/mol. The Labute approximate surface area is 197 Å². The minimum atomic E-state index is -1.53. The molecule has 3 heterocycles. The van der Waals surface area contributed by atoms with E-state index in [0.29, 0.717) is 16.1 Å². The zero-order valence-electron chi connectivity index (χ0n) is 18.2. The van der Waals surface area contributed by atoms with Crippen molar-refractivity contribution < 1.29 is 17.8 Å². The number of carbonyl (C=O) groups excluding carboxylic acids is 1. The zero-order chi connectivity index (χ0) is 24.1. The Balaban J connectivity index is 0.000000291. The van der Waals surface area contributed by atoms with Crippen LogP contribution in [0.25, 0.3) is 5.52 Å². The maximum atomic E-state index is 12.7. The summed E-state index contributed by atoms with van der Waals surface area (Å²) in [4.78, 5) is 15.5. The number of hydrogen-bond donors (Lipinski definition) is 2. The quantitative estimate of drug-likeness (QED) is 0.457. The van der Waals surface area contributed by atoms with Crippen molar-refractivity contribution in [3.05, 3.63) is 90.3 Å². The second-order valence-corrected chi connectivity index (χ2v) is 8.75. The van der Waals surface area contributed by atoms with Crippen LogP contribution in [0.5, 0.6) is 0 Å². The number of halogens is 2. The fraction of sp³-hybridized carbons (Fsp3) is 0.167. The number of anilines is 2. The molecule has 34 heavy (non-hydrogen) atoms. The van der Waals surface area contributed by atoms with E-state index in [9.17, 15) is 17.8 Å². The number of nitrogens with zero attached hydrogens (tertiary/aromatic N) is 3. The third-order valence-electron chi connectivity index (χ3n) is 5.37. The lowest BCUT2D eigenvalue weighted by Gasteiger charge is -2.17. The van der Waals surface area contributed by atoms with Crippen LogP contribution in [0.1, 0.15) is 23.2 Å². The molecule has 1 fully saturated rings. The summed E-state index contributed by atoms with van der Waals surface area (Å²) in [5.74, 6) is -1.06. The van der Waals surface area contributed by atoms with Crippen molar-refractivity contribution in [2.45, 2.75) is 17.7 Å². The molecule has 1 amide bonds. The summed E-state index contributed by atoms with van der Waals surface area (Å²) >= 11 is 0. The molecular formula is C24H23F2N5O2S. The standard InChI is InChI=1S/C18H19N5O2S.C6H4F2/c19-26(25)15-5-3-13(4-6-15)21-18(24)16-12-20-23-10-7-14(11-17(16)23)22-8-1-2-9-22;7-5-1-2-6(8)4-3-5/h3-7,10-12H,1-2,8-9,19H2,(H,21,24);1-4H. The lowest BCUT2D eigenvalue weighted by atomic mass is 10.2. The number of amides is 1. The number of nitrogens with one attached hydrogen (secondary N) is 1. The Morgan fingerprint density at radius 3 is 2.18 bits per heavy atom. The molecule has 4 aromatic rings. The molecule has 0 aliphatic carbocycles. The average molecular weight is 484 g/mol. The molecule has 3 N–H and O–H groups in total. The highest BCUT2D eigenvalue weighted by Gasteiger charge is 2.17. The van der Waals surface area contributed by atoms with Crippen molar-refractivity contribution in [2.75, 3.05) is 23.3 Å². The Bertz CT molecular complexity index is 1280. The van der Waals surface area contributed by atoms with Gasteiger partial charge in [0.15, 0.2) is 0 Å². The van der Waals surface area contributed by atoms with E-state index in [0.717, 1.165) is 48.6 Å². The van der Waals surface area contributed by atoms with Crippen molar-refractivity contribution in [1.29, 1.82) is 0 Å². The van der Waals surface area contributed by atoms with E-state index in [4.69, 9.17) is 5.14 Å². The van der Waals surface area contributed by atoms with Gasteiger partial charge in [-0.3, -0.25) is 4.79 Å². The molecule has 176 valence electrons. The van der Waals surface area contributed by atoms with Crippen LogP contribution in [0.3, 0.4) is 0 Å². The molecule has 2 aromatic carbocycles. The fourth-order valence-electron chi connectivity index (χ4n) is 3.62. The molecule has 0 saturated carbocycles. The molecule has 1 saturated heterocycles. The molecule has 2 aromatic heterocycles. The summed E-state index contributed by atoms with van der Waals surface area (Å²) in [7, 11) is -1.53. The van der Waals surface area contributed by atoms with Gasteiger partial charge in [0.1, 0.15) is 22.6 Å². The number of carbonyl (C=O) groups is 1. The Hall–Kier alpha value is -3.63. The monoisotopic (exact) mass is 483 g/mol. The minimum absolute atomic E-state index is 0.236. The second-order valence-electron chi connectivity index (χ2n) is 7.68. The highest BCUT2D eigenvalue weighted by Crippen LogP contribution is 2.24. The summed E-state index contributed by atoms with van der Waals surface area (Å²) in [5.41, 5.74) is 3.00. The summed E-state index contributed by atoms with van der Waals surface area (Å²) in [6.45, 7) is 2.08. The fourth-order valence-corrected chi connectivity index (χ4v) is 4.02. The minimum Gasteiger partial charge on any atom is -0.371 e. The topological polar surface area (TPSA) is 92.7 Å². The van der Waals surface area contributed by atoms with Gasteiger partial charge in [-0.15, -0.1) is 0 Å². The first-order valence-electron chi connectivity index (χ1n) is 10.6. The Morgan fingerprint density at radius 1 is 0.971 bits per heavy atom. The van der Waals surface area contributed by atoms with Crippen LogP contribution in [0.4, 0.5) is 20.2 Å². The summed E-state index contributed by atoms with van der Waals surface area (Å²) < 4.78 is 36.8. The maximum absolute atomic E-state index is 12.7. The van der Waals surface area contributed by atoms with Gasteiger partial charge in [-0.05, 0) is 73.5 Å². The summed E-state index contributed by atoms with van der Waals surface area (Å²) in [5, 5.41) is 12.5. The average Bonchev–Trinajstić information content (AvgIpc) is 3.51. The van der Waals surface area contributed by atoms with Gasteiger partial charge < -0.3 is 10.2 Å². The third-order valence-corrected chi connectivity index (χ3v) is 6.11. The second kappa shape index (κ2) is 10.5. The molecule has 1 aliphatic heterocycles. The van der Waals surface area contributed by atoms with Crippen molar-refractivity contribution in [1.82, 2.24) is 9.61 Å². The van der Waals surface area contributed by atoms with Crippen molar-refractivity contribution in [2.24, 2.45) is 5.14 Å². The third kappa shape index (κ3) is 5.64. The van der Waals surface area contributed by atoms with Crippen LogP contribution < -0.4 is 15.4 Å². The van der Waals surface area contributed by atoms with Crippen LogP contribution in [-0.4, -0.2) is 32.8 Å². The number of aromatic nitrogens is 2.